The van der Waals surface area contributed by atoms with Gasteiger partial charge in [0.05, 0.1) is 0 Å². The quantitative estimate of drug-likeness (QED) is 0.113. The zero-order chi connectivity index (χ0) is 92.8. The average Bonchev–Trinajstić information content (AvgIpc) is 0.798. The van der Waals surface area contributed by atoms with Gasteiger partial charge in [0.15, 0.2) is 0 Å². The van der Waals surface area contributed by atoms with Crippen LogP contribution in [0.3, 0.4) is 0 Å². The first-order valence-electron chi connectivity index (χ1n) is 44.1. The topological polar surface area (TPSA) is 77.3 Å². The Morgan fingerprint density at radius 3 is 0.963 bits per heavy atom. The summed E-state index contributed by atoms with van der Waals surface area (Å²) < 4.78 is 43.7. The number of rotatable bonds is 12. The van der Waals surface area contributed by atoms with Gasteiger partial charge in [-0.3, -0.25) is 58.1 Å². The molecule has 0 unspecified atom stereocenters. The number of fused-ring (bicyclic) bond motifs is 1. The van der Waals surface area contributed by atoms with Crippen molar-refractivity contribution >= 4 is 10.8 Å². The molecule has 13 heteroatoms. The molecule has 0 atom stereocenters. The maximum atomic E-state index is 7.29. The predicted molar refractivity (Wildman–Crippen MR) is 526 cm³/mol. The Kier molecular flexibility index (Phi) is 48.5. The van der Waals surface area contributed by atoms with E-state index in [0.29, 0.717) is 11.1 Å². The number of aromatic nitrogens is 6. The Labute approximate surface area is 946 Å². The van der Waals surface area contributed by atoms with Gasteiger partial charge in [0.1, 0.15) is 0 Å². The van der Waals surface area contributed by atoms with Crippen LogP contribution in [-0.4, -0.2) is 29.9 Å². The summed E-state index contributed by atoms with van der Waals surface area (Å²) in [4.78, 5) is 25.8. The Bertz CT molecular complexity index is 6510. The predicted octanol–water partition coefficient (Wildman–Crippen LogP) is 29.3. The van der Waals surface area contributed by atoms with Crippen LogP contribution >= 0.6 is 0 Å². The fraction of sp³-hybridized carbons (Fsp3) is 0.0407. The van der Waals surface area contributed by atoms with Gasteiger partial charge in [-0.05, 0) is 53.7 Å². The molecule has 0 fully saturated rings. The van der Waals surface area contributed by atoms with Crippen LogP contribution in [0.15, 0.2) is 425 Å². The van der Waals surface area contributed by atoms with Crippen LogP contribution in [0, 0.1) is 137 Å². The van der Waals surface area contributed by atoms with Crippen LogP contribution in [0.25, 0.3) is 145 Å². The van der Waals surface area contributed by atoms with E-state index in [0.717, 1.165) is 117 Å². The fourth-order valence-electron chi connectivity index (χ4n) is 12.7. The number of aryl methyl sites for hydroxylation is 4. The zero-order valence-corrected chi connectivity index (χ0v) is 90.7. The molecule has 6 nitrogen and oxygen atoms in total. The third kappa shape index (κ3) is 36.1. The molecular formula is C123H86N6Pt4Y3-18. The second kappa shape index (κ2) is 63.1. The molecule has 136 heavy (non-hydrogen) atoms. The molecule has 0 aliphatic rings. The van der Waals surface area contributed by atoms with Crippen molar-refractivity contribution in [2.24, 2.45) is 0 Å². The van der Waals surface area contributed by atoms with E-state index in [1.807, 2.05) is 292 Å². The van der Waals surface area contributed by atoms with Crippen molar-refractivity contribution in [3.63, 3.8) is 0 Å². The molecule has 0 aliphatic heterocycles. The first-order valence-corrected chi connectivity index (χ1v) is 41.1. The summed E-state index contributed by atoms with van der Waals surface area (Å²) >= 11 is 0. The molecule has 15 aromatic carbocycles. The molecule has 0 spiro atoms. The van der Waals surface area contributed by atoms with Crippen molar-refractivity contribution in [1.82, 2.24) is 29.9 Å². The standard InChI is InChI=1S/C22H16N.C17H11N2.C17H10N.C16H9N2.C14H12.3C12H8.CH4.4Pt.3Y/c1-16-9-11-17(12-10-16)19-13-14-23-22(15-19)21-8-4-6-18-5-2-3-7-20(18)21;1-13-8-9-16(12-19-13)14-5-4-6-15(11-14)17-7-2-3-10-18-17;1-2-7-14(8-3-1)15-9-6-10-16(13-15)17-11-4-5-12-18-17;1-2-10-18-16(8-1)14-6-3-5-13(11-14)15-7-4-9-17-12-15;1-11-3-7-13(8-4-11)14-9-5-12(2)6-10-14;3*1-3-7-11(8-4-1)12-9-5-2-6-10-12;;;;;;;;/h2-7,9-15H,1H3;2-5,7-10H,1H3;1-7,9,11-12H;1-5,8-10,12H;3-7,9H,1-2H3;3*1-7,9H;1H4;;;;;;;/q-1;3*-3;4*-2;;;;;;;;/i;;;;1D3,2D3;;;;;;;;;;;. The fourth-order valence-corrected chi connectivity index (χ4v) is 12.7. The van der Waals surface area contributed by atoms with Crippen molar-refractivity contribution < 1.29 is 191 Å². The second-order valence-electron chi connectivity index (χ2n) is 28.2. The van der Waals surface area contributed by atoms with E-state index in [1.54, 1.807) is 49.2 Å². The van der Waals surface area contributed by atoms with Crippen molar-refractivity contribution in [3.8, 4) is 134 Å². The second-order valence-corrected chi connectivity index (χ2v) is 28.2. The summed E-state index contributed by atoms with van der Waals surface area (Å²) in [5, 5.41) is 2.40. The molecule has 21 rings (SSSR count). The van der Waals surface area contributed by atoms with Gasteiger partial charge in [0.2, 0.25) is 0 Å². The first kappa shape index (κ1) is 104. The minimum absolute atomic E-state index is 0. The monoisotopic (exact) mass is 2700 g/mol. The summed E-state index contributed by atoms with van der Waals surface area (Å²) in [6.07, 6.45) is 13.7. The van der Waals surface area contributed by atoms with Crippen LogP contribution in [-0.2, 0) is 182 Å². The Balaban J connectivity index is 0.000000249. The summed E-state index contributed by atoms with van der Waals surface area (Å²) in [6, 6.07) is 178. The summed E-state index contributed by atoms with van der Waals surface area (Å²) in [6.45, 7) is -0.247. The van der Waals surface area contributed by atoms with Crippen molar-refractivity contribution in [1.29, 1.82) is 0 Å². The minimum atomic E-state index is -2.15. The zero-order valence-electron chi connectivity index (χ0n) is 79.1. The maximum Gasteiger partial charge on any atom is 0.0177 e. The molecule has 0 saturated heterocycles. The maximum absolute atomic E-state index is 7.29. The van der Waals surface area contributed by atoms with Crippen LogP contribution in [0.2, 0.25) is 0 Å². The van der Waals surface area contributed by atoms with E-state index in [9.17, 15) is 0 Å². The molecular weight excluding hydrogens is 2610 g/mol. The van der Waals surface area contributed by atoms with E-state index < -0.39 is 13.7 Å². The van der Waals surface area contributed by atoms with Crippen molar-refractivity contribution in [2.45, 2.75) is 35.0 Å². The molecule has 21 aromatic rings. The third-order valence-electron chi connectivity index (χ3n) is 19.2. The van der Waals surface area contributed by atoms with E-state index in [2.05, 4.69) is 213 Å². The van der Waals surface area contributed by atoms with E-state index in [-0.39, 0.29) is 201 Å². The van der Waals surface area contributed by atoms with Crippen molar-refractivity contribution in [3.05, 3.63) is 557 Å². The molecule has 675 valence electrons. The summed E-state index contributed by atoms with van der Waals surface area (Å²) in [5.74, 6) is 0. The normalized spacial score (nSPS) is 10.4. The van der Waals surface area contributed by atoms with Crippen LogP contribution in [0.4, 0.5) is 0 Å². The molecule has 0 saturated carbocycles. The van der Waals surface area contributed by atoms with E-state index >= 15 is 0 Å². The smallest absolute Gasteiger partial charge is 0.0177 e. The minimum Gasteiger partial charge on any atom is -0.373 e. The molecule has 0 bridgehead atoms. The largest absolute Gasteiger partial charge is 0.373 e. The summed E-state index contributed by atoms with van der Waals surface area (Å²) in [5.41, 5.74) is 26.0. The number of benzene rings is 15. The SMILES string of the molecule is C.Cc1ccc(-c2[c-]c(-c3ccccn3)[c-]cc2)[c-]n1.Cc1ccc(-c2ccnc(-c3[c-]ccc4ccccc34)c2)cc1.[2H]C([2H])([2H])c1c[c-]c(-c2[c-]cc(C([2H])([2H])[2H])cc2)cc1.[Pt].[Pt].[Pt].[Pt].[Y].[Y].[Y].[c-]1ccc(-c2[c-]cccc2)[c-]c1-c1ccccn1.[c-]1ccc(-c2[c-]ccnc2)[c-]c1-c1ccccn1.[c-]1ccccc1-c1[c-]cccc1.[c-]1ccccc1-c1[c-]cccc1.[c-]1ccccc1-c1[c-]cccc1. The van der Waals surface area contributed by atoms with Crippen molar-refractivity contribution in [2.75, 3.05) is 0 Å². The average molecular weight is 2700 g/mol. The Morgan fingerprint density at radius 1 is 0.250 bits per heavy atom. The number of hydrogen-bond donors (Lipinski definition) is 0. The number of nitrogens with zero attached hydrogens (tertiary/aromatic N) is 6. The van der Waals surface area contributed by atoms with E-state index in [1.165, 1.54) is 51.7 Å². The van der Waals surface area contributed by atoms with Crippen LogP contribution in [0.5, 0.6) is 0 Å². The molecule has 3 radical (unpaired) electrons. The third-order valence-corrected chi connectivity index (χ3v) is 19.2. The van der Waals surface area contributed by atoms with Gasteiger partial charge in [-0.15, -0.1) is 150 Å². The number of hydrogen-bond acceptors (Lipinski definition) is 6. The molecule has 6 heterocycles. The van der Waals surface area contributed by atoms with Gasteiger partial charge in [0.25, 0.3) is 0 Å². The molecule has 0 amide bonds. The number of pyridine rings is 6. The molecule has 0 aliphatic carbocycles. The van der Waals surface area contributed by atoms with Gasteiger partial charge in [-0.1, -0.05) is 141 Å². The van der Waals surface area contributed by atoms with Crippen LogP contribution < -0.4 is 0 Å². The van der Waals surface area contributed by atoms with E-state index in [4.69, 9.17) is 8.22 Å². The van der Waals surface area contributed by atoms with Gasteiger partial charge in [-0.25, -0.2) is 86.5 Å². The van der Waals surface area contributed by atoms with Crippen LogP contribution in [0.1, 0.15) is 38.0 Å². The molecule has 6 aromatic heterocycles. The van der Waals surface area contributed by atoms with Gasteiger partial charge in [0, 0.05) is 215 Å². The van der Waals surface area contributed by atoms with Gasteiger partial charge in [-0.2, -0.15) is 205 Å². The summed E-state index contributed by atoms with van der Waals surface area (Å²) in [7, 11) is 0. The molecule has 0 N–H and O–H groups in total. The Hall–Kier alpha value is -10.5. The van der Waals surface area contributed by atoms with Gasteiger partial charge >= 0.3 is 0 Å². The van der Waals surface area contributed by atoms with Gasteiger partial charge < -0.3 is 47.6 Å². The first-order chi connectivity index (χ1) is 65.6. The Morgan fingerprint density at radius 2 is 0.603 bits per heavy atom.